The molecular formula is C17H19N3O3S. The van der Waals surface area contributed by atoms with Gasteiger partial charge in [-0.1, -0.05) is 36.4 Å². The zero-order valence-electron chi connectivity index (χ0n) is 13.1. The normalized spacial score (nSPS) is 18.6. The number of nitrogens with one attached hydrogen (secondary N) is 1. The number of rotatable bonds is 6. The van der Waals surface area contributed by atoms with Crippen LogP contribution < -0.4 is 5.32 Å². The van der Waals surface area contributed by atoms with E-state index in [1.165, 1.54) is 5.41 Å². The fraction of sp³-hybridized carbons (Fsp3) is 0.294. The van der Waals surface area contributed by atoms with Gasteiger partial charge in [-0.2, -0.15) is 5.10 Å². The Balaban J connectivity index is 1.47. The molecule has 1 aliphatic rings. The van der Waals surface area contributed by atoms with Crippen LogP contribution in [0.1, 0.15) is 17.5 Å². The number of hydrogen-bond acceptors (Lipinski definition) is 4. The van der Waals surface area contributed by atoms with Gasteiger partial charge in [0, 0.05) is 36.1 Å². The molecule has 0 unspecified atom stereocenters. The summed E-state index contributed by atoms with van der Waals surface area (Å²) in [6.45, 7) is 1.07. The first-order valence-electron chi connectivity index (χ1n) is 7.73. The largest absolute Gasteiger partial charge is 0.352 e. The fourth-order valence-electron chi connectivity index (χ4n) is 2.63. The third-order valence-corrected chi connectivity index (χ3v) is 5.28. The first-order valence-corrected chi connectivity index (χ1v) is 9.45. The number of hydrogen-bond donors (Lipinski definition) is 1. The highest BCUT2D eigenvalue weighted by molar-refractivity contribution is 7.94. The number of aromatic nitrogens is 2. The van der Waals surface area contributed by atoms with Crippen molar-refractivity contribution in [2.24, 2.45) is 5.92 Å². The highest BCUT2D eigenvalue weighted by atomic mass is 32.2. The Kier molecular flexibility index (Phi) is 4.80. The van der Waals surface area contributed by atoms with Crippen molar-refractivity contribution in [3.05, 3.63) is 65.3 Å². The second-order valence-corrected chi connectivity index (χ2v) is 7.86. The van der Waals surface area contributed by atoms with Crippen LogP contribution in [0, 0.1) is 5.92 Å². The number of amides is 1. The lowest BCUT2D eigenvalue weighted by Gasteiger charge is -2.07. The van der Waals surface area contributed by atoms with E-state index < -0.39 is 9.84 Å². The molecule has 1 aromatic heterocycles. The monoisotopic (exact) mass is 345 g/mol. The van der Waals surface area contributed by atoms with Crippen molar-refractivity contribution >= 4 is 15.7 Å². The van der Waals surface area contributed by atoms with E-state index >= 15 is 0 Å². The minimum Gasteiger partial charge on any atom is -0.352 e. The molecule has 2 heterocycles. The number of allylic oxidation sites excluding steroid dienone is 1. The Morgan fingerprint density at radius 2 is 2.04 bits per heavy atom. The lowest BCUT2D eigenvalue weighted by molar-refractivity contribution is -0.121. The maximum absolute atomic E-state index is 11.9. The van der Waals surface area contributed by atoms with Crippen molar-refractivity contribution in [3.63, 3.8) is 0 Å². The lowest BCUT2D eigenvalue weighted by atomic mass is 10.1. The molecular weight excluding hydrogens is 326 g/mol. The standard InChI is InChI=1S/C17H19N3O3S/c21-17(8-15-6-7-24(22,23)13-15)18-9-16-10-19-20(12-16)11-14-4-2-1-3-5-14/h1-7,10,12,15H,8-9,11,13H2,(H,18,21)/t15-/m0/s1. The molecule has 1 amide bonds. The lowest BCUT2D eigenvalue weighted by Crippen LogP contribution is -2.25. The number of carbonyl (C=O) groups excluding carboxylic acids is 1. The third-order valence-electron chi connectivity index (χ3n) is 3.82. The number of sulfone groups is 1. The maximum Gasteiger partial charge on any atom is 0.220 e. The van der Waals surface area contributed by atoms with Gasteiger partial charge in [0.25, 0.3) is 0 Å². The molecule has 1 aliphatic heterocycles. The van der Waals surface area contributed by atoms with Gasteiger partial charge in [0.2, 0.25) is 5.91 Å². The topological polar surface area (TPSA) is 81.1 Å². The Morgan fingerprint density at radius 1 is 1.25 bits per heavy atom. The molecule has 2 aromatic rings. The smallest absolute Gasteiger partial charge is 0.220 e. The molecule has 1 N–H and O–H groups in total. The third kappa shape index (κ3) is 4.55. The summed E-state index contributed by atoms with van der Waals surface area (Å²) in [7, 11) is -3.11. The second kappa shape index (κ2) is 7.00. The molecule has 1 aromatic carbocycles. The predicted molar refractivity (Wildman–Crippen MR) is 90.7 cm³/mol. The molecule has 126 valence electrons. The van der Waals surface area contributed by atoms with E-state index in [1.807, 2.05) is 41.2 Å². The Hall–Kier alpha value is -2.41. The van der Waals surface area contributed by atoms with E-state index in [4.69, 9.17) is 0 Å². The average Bonchev–Trinajstić information content (AvgIpc) is 3.12. The van der Waals surface area contributed by atoms with Crippen molar-refractivity contribution in [1.29, 1.82) is 0 Å². The second-order valence-electron chi connectivity index (χ2n) is 5.93. The molecule has 0 saturated carbocycles. The Bertz CT molecular complexity index is 841. The van der Waals surface area contributed by atoms with Crippen molar-refractivity contribution in [2.75, 3.05) is 5.75 Å². The van der Waals surface area contributed by atoms with Crippen molar-refractivity contribution < 1.29 is 13.2 Å². The van der Waals surface area contributed by atoms with Gasteiger partial charge in [-0.25, -0.2) is 8.42 Å². The first kappa shape index (κ1) is 16.4. The van der Waals surface area contributed by atoms with E-state index in [1.54, 1.807) is 12.3 Å². The van der Waals surface area contributed by atoms with Gasteiger partial charge in [-0.3, -0.25) is 9.48 Å². The molecule has 0 fully saturated rings. The summed E-state index contributed by atoms with van der Waals surface area (Å²) >= 11 is 0. The summed E-state index contributed by atoms with van der Waals surface area (Å²) in [6, 6.07) is 10.0. The summed E-state index contributed by atoms with van der Waals surface area (Å²) in [6.07, 6.45) is 5.40. The molecule has 24 heavy (non-hydrogen) atoms. The van der Waals surface area contributed by atoms with Crippen LogP contribution in [-0.4, -0.2) is 29.9 Å². The summed E-state index contributed by atoms with van der Waals surface area (Å²) in [4.78, 5) is 11.9. The highest BCUT2D eigenvalue weighted by Gasteiger charge is 2.23. The van der Waals surface area contributed by atoms with Crippen LogP contribution in [0.25, 0.3) is 0 Å². The van der Waals surface area contributed by atoms with Crippen LogP contribution in [0.4, 0.5) is 0 Å². The fourth-order valence-corrected chi connectivity index (χ4v) is 4.03. The molecule has 3 rings (SSSR count). The molecule has 7 heteroatoms. The van der Waals surface area contributed by atoms with Gasteiger partial charge in [0.15, 0.2) is 9.84 Å². The summed E-state index contributed by atoms with van der Waals surface area (Å²) < 4.78 is 24.5. The number of benzene rings is 1. The zero-order valence-corrected chi connectivity index (χ0v) is 13.9. The van der Waals surface area contributed by atoms with Crippen LogP contribution in [0.5, 0.6) is 0 Å². The number of carbonyl (C=O) groups is 1. The van der Waals surface area contributed by atoms with Crippen molar-refractivity contribution in [3.8, 4) is 0 Å². The maximum atomic E-state index is 11.9. The summed E-state index contributed by atoms with van der Waals surface area (Å²) in [5.74, 6) is -0.358. The molecule has 0 spiro atoms. The van der Waals surface area contributed by atoms with Crippen molar-refractivity contribution in [1.82, 2.24) is 15.1 Å². The minimum atomic E-state index is -3.11. The number of nitrogens with zero attached hydrogens (tertiary/aromatic N) is 2. The average molecular weight is 345 g/mol. The molecule has 0 bridgehead atoms. The molecule has 0 aliphatic carbocycles. The van der Waals surface area contributed by atoms with Gasteiger partial charge in [-0.05, 0) is 5.56 Å². The summed E-state index contributed by atoms with van der Waals surface area (Å²) in [5.41, 5.74) is 2.07. The van der Waals surface area contributed by atoms with E-state index in [9.17, 15) is 13.2 Å². The molecule has 0 saturated heterocycles. The van der Waals surface area contributed by atoms with E-state index in [2.05, 4.69) is 10.4 Å². The van der Waals surface area contributed by atoms with E-state index in [0.717, 1.165) is 11.1 Å². The SMILES string of the molecule is O=C(C[C@@H]1C=CS(=O)(=O)C1)NCc1cnn(Cc2ccccc2)c1. The van der Waals surface area contributed by atoms with Gasteiger partial charge in [-0.15, -0.1) is 0 Å². The molecule has 1 atom stereocenters. The summed E-state index contributed by atoms with van der Waals surface area (Å²) in [5, 5.41) is 8.29. The minimum absolute atomic E-state index is 0.0232. The van der Waals surface area contributed by atoms with Gasteiger partial charge in [0.05, 0.1) is 18.5 Å². The van der Waals surface area contributed by atoms with Crippen LogP contribution in [0.15, 0.2) is 54.2 Å². The quantitative estimate of drug-likeness (QED) is 0.860. The van der Waals surface area contributed by atoms with Crippen LogP contribution in [0.2, 0.25) is 0 Å². The van der Waals surface area contributed by atoms with Gasteiger partial charge in [0.1, 0.15) is 0 Å². The van der Waals surface area contributed by atoms with Crippen LogP contribution >= 0.6 is 0 Å². The van der Waals surface area contributed by atoms with E-state index in [0.29, 0.717) is 13.1 Å². The Morgan fingerprint density at radius 3 is 2.75 bits per heavy atom. The molecule has 0 radical (unpaired) electrons. The van der Waals surface area contributed by atoms with E-state index in [-0.39, 0.29) is 24.0 Å². The highest BCUT2D eigenvalue weighted by Crippen LogP contribution is 2.18. The van der Waals surface area contributed by atoms with Crippen molar-refractivity contribution in [2.45, 2.75) is 19.5 Å². The zero-order chi connectivity index (χ0) is 17.0. The molecule has 6 nitrogen and oxygen atoms in total. The van der Waals surface area contributed by atoms with Crippen LogP contribution in [-0.2, 0) is 27.7 Å². The van der Waals surface area contributed by atoms with Gasteiger partial charge < -0.3 is 5.32 Å². The van der Waals surface area contributed by atoms with Gasteiger partial charge >= 0.3 is 0 Å². The first-order chi connectivity index (χ1) is 11.5. The van der Waals surface area contributed by atoms with Crippen LogP contribution in [0.3, 0.4) is 0 Å². The Labute approximate surface area is 141 Å². The predicted octanol–water partition coefficient (Wildman–Crippen LogP) is 1.50.